The summed E-state index contributed by atoms with van der Waals surface area (Å²) in [7, 11) is 0. The van der Waals surface area contributed by atoms with Crippen molar-refractivity contribution < 1.29 is 10.2 Å². The van der Waals surface area contributed by atoms with Crippen molar-refractivity contribution in [3.05, 3.63) is 42.5 Å². The lowest BCUT2D eigenvalue weighted by Crippen LogP contribution is -2.49. The molecule has 21 heavy (non-hydrogen) atoms. The van der Waals surface area contributed by atoms with Gasteiger partial charge in [0.2, 0.25) is 0 Å². The fourth-order valence-corrected chi connectivity index (χ4v) is 2.82. The predicted octanol–water partition coefficient (Wildman–Crippen LogP) is 0.587. The quantitative estimate of drug-likeness (QED) is 0.861. The first kappa shape index (κ1) is 14.2. The maximum atomic E-state index is 10.2. The number of piperidine rings is 1. The van der Waals surface area contributed by atoms with Crippen molar-refractivity contribution in [3.63, 3.8) is 0 Å². The minimum absolute atomic E-state index is 0.172. The van der Waals surface area contributed by atoms with Gasteiger partial charge in [-0.25, -0.2) is 9.67 Å². The lowest BCUT2D eigenvalue weighted by molar-refractivity contribution is -0.0687. The van der Waals surface area contributed by atoms with E-state index in [1.54, 1.807) is 11.0 Å². The van der Waals surface area contributed by atoms with Gasteiger partial charge < -0.3 is 10.2 Å². The molecule has 1 aromatic carbocycles. The second-order valence-electron chi connectivity index (χ2n) is 5.70. The van der Waals surface area contributed by atoms with Gasteiger partial charge in [0.1, 0.15) is 18.3 Å². The summed E-state index contributed by atoms with van der Waals surface area (Å²) in [6.07, 6.45) is 4.76. The lowest BCUT2D eigenvalue weighted by Gasteiger charge is -2.38. The molecule has 2 aromatic rings. The molecule has 6 heteroatoms. The molecule has 2 heterocycles. The topological polar surface area (TPSA) is 74.4 Å². The molecule has 1 atom stereocenters. The fraction of sp³-hybridized carbons (Fsp3) is 0.467. The molecule has 1 saturated heterocycles. The molecule has 0 amide bonds. The van der Waals surface area contributed by atoms with Crippen LogP contribution in [0.2, 0.25) is 0 Å². The number of hydrogen-bond acceptors (Lipinski definition) is 5. The summed E-state index contributed by atoms with van der Waals surface area (Å²) in [6, 6.07) is 8.13. The zero-order valence-corrected chi connectivity index (χ0v) is 11.9. The van der Waals surface area contributed by atoms with Crippen molar-refractivity contribution in [1.82, 2.24) is 19.7 Å². The molecular formula is C15H20N4O2. The van der Waals surface area contributed by atoms with Crippen LogP contribution < -0.4 is 0 Å². The summed E-state index contributed by atoms with van der Waals surface area (Å²) in [6.45, 7) is 2.08. The Balaban J connectivity index is 1.65. The van der Waals surface area contributed by atoms with Gasteiger partial charge in [0.25, 0.3) is 0 Å². The molecule has 1 unspecified atom stereocenters. The van der Waals surface area contributed by atoms with E-state index in [-0.39, 0.29) is 6.61 Å². The standard InChI is InChI=1S/C15H20N4O2/c20-10-15(21)6-1-7-18(9-15)8-13-2-4-14(5-3-13)19-12-16-11-17-19/h2-5,11-12,20-21H,1,6-10H2. The Hall–Kier alpha value is -1.76. The molecule has 6 nitrogen and oxygen atoms in total. The third kappa shape index (κ3) is 3.29. The van der Waals surface area contributed by atoms with E-state index in [1.165, 1.54) is 11.9 Å². The Kier molecular flexibility index (Phi) is 4.01. The van der Waals surface area contributed by atoms with Crippen LogP contribution in [0, 0.1) is 0 Å². The zero-order chi connectivity index (χ0) is 14.7. The molecular weight excluding hydrogens is 268 g/mol. The minimum atomic E-state index is -0.946. The second kappa shape index (κ2) is 5.93. The maximum absolute atomic E-state index is 10.2. The minimum Gasteiger partial charge on any atom is -0.393 e. The van der Waals surface area contributed by atoms with E-state index < -0.39 is 5.60 Å². The van der Waals surface area contributed by atoms with E-state index in [9.17, 15) is 10.2 Å². The van der Waals surface area contributed by atoms with Crippen molar-refractivity contribution in [2.45, 2.75) is 25.0 Å². The average Bonchev–Trinajstić information content (AvgIpc) is 3.02. The highest BCUT2D eigenvalue weighted by Gasteiger charge is 2.32. The highest BCUT2D eigenvalue weighted by Crippen LogP contribution is 2.22. The molecule has 1 aromatic heterocycles. The fourth-order valence-electron chi connectivity index (χ4n) is 2.82. The molecule has 0 bridgehead atoms. The Morgan fingerprint density at radius 1 is 1.24 bits per heavy atom. The monoisotopic (exact) mass is 288 g/mol. The van der Waals surface area contributed by atoms with Crippen LogP contribution in [0.15, 0.2) is 36.9 Å². The van der Waals surface area contributed by atoms with Crippen LogP contribution in [0.5, 0.6) is 0 Å². The molecule has 2 N–H and O–H groups in total. The Morgan fingerprint density at radius 2 is 2.05 bits per heavy atom. The van der Waals surface area contributed by atoms with Crippen molar-refractivity contribution >= 4 is 0 Å². The van der Waals surface area contributed by atoms with Crippen LogP contribution in [0.3, 0.4) is 0 Å². The van der Waals surface area contributed by atoms with Crippen LogP contribution in [0.1, 0.15) is 18.4 Å². The van der Waals surface area contributed by atoms with Crippen molar-refractivity contribution in [3.8, 4) is 5.69 Å². The summed E-state index contributed by atoms with van der Waals surface area (Å²) in [5, 5.41) is 23.6. The molecule has 1 fully saturated rings. The van der Waals surface area contributed by atoms with Crippen molar-refractivity contribution in [1.29, 1.82) is 0 Å². The molecule has 3 rings (SSSR count). The van der Waals surface area contributed by atoms with Gasteiger partial charge in [0.15, 0.2) is 0 Å². The largest absolute Gasteiger partial charge is 0.393 e. The van der Waals surface area contributed by atoms with E-state index >= 15 is 0 Å². The smallest absolute Gasteiger partial charge is 0.138 e. The van der Waals surface area contributed by atoms with Gasteiger partial charge in [0.05, 0.1) is 12.3 Å². The van der Waals surface area contributed by atoms with Crippen molar-refractivity contribution in [2.75, 3.05) is 19.7 Å². The first-order valence-corrected chi connectivity index (χ1v) is 7.18. The average molecular weight is 288 g/mol. The summed E-state index contributed by atoms with van der Waals surface area (Å²) in [5.41, 5.74) is 1.21. The maximum Gasteiger partial charge on any atom is 0.138 e. The number of aliphatic hydroxyl groups is 2. The molecule has 1 aliphatic rings. The third-order valence-electron chi connectivity index (χ3n) is 3.95. The van der Waals surface area contributed by atoms with Gasteiger partial charge in [-0.05, 0) is 37.1 Å². The van der Waals surface area contributed by atoms with Crippen LogP contribution in [-0.2, 0) is 6.54 Å². The van der Waals surface area contributed by atoms with Gasteiger partial charge in [-0.2, -0.15) is 5.10 Å². The van der Waals surface area contributed by atoms with Crippen LogP contribution in [-0.4, -0.2) is 55.2 Å². The number of β-amino-alcohol motifs (C(OH)–C–C–N with tert-alkyl or cyclic N) is 1. The zero-order valence-electron chi connectivity index (χ0n) is 11.9. The number of hydrogen-bond donors (Lipinski definition) is 2. The van der Waals surface area contributed by atoms with Gasteiger partial charge in [-0.15, -0.1) is 0 Å². The summed E-state index contributed by atoms with van der Waals surface area (Å²) >= 11 is 0. The number of nitrogens with zero attached hydrogens (tertiary/aromatic N) is 4. The van der Waals surface area contributed by atoms with E-state index in [2.05, 4.69) is 27.1 Å². The molecule has 0 aliphatic carbocycles. The lowest BCUT2D eigenvalue weighted by atomic mass is 9.93. The van der Waals surface area contributed by atoms with Crippen molar-refractivity contribution in [2.24, 2.45) is 0 Å². The predicted molar refractivity (Wildman–Crippen MR) is 77.9 cm³/mol. The molecule has 112 valence electrons. The second-order valence-corrected chi connectivity index (χ2v) is 5.70. The highest BCUT2D eigenvalue weighted by atomic mass is 16.3. The number of aromatic nitrogens is 3. The summed E-state index contributed by atoms with van der Waals surface area (Å²) in [4.78, 5) is 6.12. The van der Waals surface area contributed by atoms with Gasteiger partial charge in [-0.1, -0.05) is 12.1 Å². The first-order valence-electron chi connectivity index (χ1n) is 7.18. The molecule has 0 saturated carbocycles. The van der Waals surface area contributed by atoms with Crippen LogP contribution in [0.25, 0.3) is 5.69 Å². The number of rotatable bonds is 4. The van der Waals surface area contributed by atoms with Gasteiger partial charge >= 0.3 is 0 Å². The highest BCUT2D eigenvalue weighted by molar-refractivity contribution is 5.33. The Morgan fingerprint density at radius 3 is 2.71 bits per heavy atom. The SMILES string of the molecule is OCC1(O)CCCN(Cc2ccc(-n3cncn3)cc2)C1. The normalized spacial score (nSPS) is 23.3. The van der Waals surface area contributed by atoms with E-state index in [1.807, 2.05) is 12.1 Å². The number of benzene rings is 1. The van der Waals surface area contributed by atoms with Crippen LogP contribution >= 0.6 is 0 Å². The third-order valence-corrected chi connectivity index (χ3v) is 3.95. The van der Waals surface area contributed by atoms with Gasteiger partial charge in [0, 0.05) is 13.1 Å². The number of likely N-dealkylation sites (tertiary alicyclic amines) is 1. The van der Waals surface area contributed by atoms with Crippen LogP contribution in [0.4, 0.5) is 0 Å². The first-order chi connectivity index (χ1) is 10.2. The Bertz CT molecular complexity index is 570. The van der Waals surface area contributed by atoms with E-state index in [0.717, 1.165) is 25.2 Å². The van der Waals surface area contributed by atoms with E-state index in [4.69, 9.17) is 0 Å². The molecule has 0 spiro atoms. The van der Waals surface area contributed by atoms with E-state index in [0.29, 0.717) is 13.0 Å². The molecule has 0 radical (unpaired) electrons. The summed E-state index contributed by atoms with van der Waals surface area (Å²) in [5.74, 6) is 0. The number of aliphatic hydroxyl groups excluding tert-OH is 1. The van der Waals surface area contributed by atoms with Gasteiger partial charge in [-0.3, -0.25) is 4.90 Å². The molecule has 1 aliphatic heterocycles. The Labute approximate surface area is 123 Å². The summed E-state index contributed by atoms with van der Waals surface area (Å²) < 4.78 is 1.72.